The van der Waals surface area contributed by atoms with Gasteiger partial charge in [0.05, 0.1) is 0 Å². The fourth-order valence-corrected chi connectivity index (χ4v) is 1.47. The van der Waals surface area contributed by atoms with Crippen LogP contribution in [0, 0.1) is 6.54 Å². The Balaban J connectivity index is 2.21. The molecule has 93 valence electrons. The van der Waals surface area contributed by atoms with E-state index in [1.54, 1.807) is 12.1 Å². The number of nitrogens with two attached hydrogens (primary N) is 2. The molecule has 0 fully saturated rings. The summed E-state index contributed by atoms with van der Waals surface area (Å²) in [6.07, 6.45) is 2.98. The number of unbranched alkanes of at least 4 members (excludes halogenated alkanes) is 1. The second-order valence-electron chi connectivity index (χ2n) is 3.92. The predicted molar refractivity (Wildman–Crippen MR) is 69.3 cm³/mol. The Morgan fingerprint density at radius 2 is 1.94 bits per heavy atom. The van der Waals surface area contributed by atoms with Crippen molar-refractivity contribution in [3.8, 4) is 0 Å². The smallest absolute Gasteiger partial charge is 0.248 e. The second kappa shape index (κ2) is 7.81. The van der Waals surface area contributed by atoms with Crippen molar-refractivity contribution >= 4 is 5.91 Å². The van der Waals surface area contributed by atoms with Gasteiger partial charge in [-0.15, -0.1) is 0 Å². The van der Waals surface area contributed by atoms with Crippen molar-refractivity contribution in [1.82, 2.24) is 5.32 Å². The van der Waals surface area contributed by atoms with Crippen LogP contribution in [-0.4, -0.2) is 19.0 Å². The third-order valence-electron chi connectivity index (χ3n) is 2.50. The van der Waals surface area contributed by atoms with Crippen LogP contribution >= 0.6 is 0 Å². The van der Waals surface area contributed by atoms with Gasteiger partial charge in [-0.2, -0.15) is 0 Å². The van der Waals surface area contributed by atoms with Crippen molar-refractivity contribution in [2.45, 2.75) is 19.3 Å². The monoisotopic (exact) mass is 234 g/mol. The van der Waals surface area contributed by atoms with Crippen LogP contribution in [0.4, 0.5) is 0 Å². The standard InChI is InChI=1S/C13H20N3O/c14-8-1-2-9-16-10-7-11-3-5-12(6-4-11)13(15)17/h3-6,10,16H,1-2,7-9,14H2,(H2,15,17). The van der Waals surface area contributed by atoms with Gasteiger partial charge in [0.2, 0.25) is 5.91 Å². The summed E-state index contributed by atoms with van der Waals surface area (Å²) >= 11 is 0. The molecule has 1 amide bonds. The third-order valence-corrected chi connectivity index (χ3v) is 2.50. The Hall–Kier alpha value is -1.39. The first-order valence-electron chi connectivity index (χ1n) is 5.88. The molecule has 0 spiro atoms. The molecule has 1 aromatic rings. The van der Waals surface area contributed by atoms with E-state index >= 15 is 0 Å². The molecule has 4 heteroatoms. The van der Waals surface area contributed by atoms with Gasteiger partial charge in [-0.3, -0.25) is 4.79 Å². The summed E-state index contributed by atoms with van der Waals surface area (Å²) in [6, 6.07) is 7.33. The number of rotatable bonds is 8. The average molecular weight is 234 g/mol. The largest absolute Gasteiger partial charge is 0.366 e. The fraction of sp³-hybridized carbons (Fsp3) is 0.385. The van der Waals surface area contributed by atoms with E-state index in [0.717, 1.165) is 37.9 Å². The Bertz CT molecular complexity index is 335. The SMILES string of the molecule is NCCCCN[CH]Cc1ccc(C(N)=O)cc1. The molecule has 5 N–H and O–H groups in total. The maximum atomic E-state index is 10.9. The van der Waals surface area contributed by atoms with E-state index in [1.165, 1.54) is 0 Å². The number of amides is 1. The molecular weight excluding hydrogens is 214 g/mol. The van der Waals surface area contributed by atoms with E-state index in [-0.39, 0.29) is 5.91 Å². The quantitative estimate of drug-likeness (QED) is 0.582. The van der Waals surface area contributed by atoms with Gasteiger partial charge in [-0.25, -0.2) is 0 Å². The van der Waals surface area contributed by atoms with Crippen LogP contribution in [0.2, 0.25) is 0 Å². The van der Waals surface area contributed by atoms with Crippen LogP contribution in [0.25, 0.3) is 0 Å². The molecule has 0 heterocycles. The number of carbonyl (C=O) groups excluding carboxylic acids is 1. The minimum atomic E-state index is -0.388. The lowest BCUT2D eigenvalue weighted by molar-refractivity contribution is 0.100. The molecule has 4 nitrogen and oxygen atoms in total. The van der Waals surface area contributed by atoms with Gasteiger partial charge in [-0.1, -0.05) is 12.1 Å². The molecule has 0 unspecified atom stereocenters. The molecule has 0 bridgehead atoms. The molecule has 0 aliphatic heterocycles. The maximum Gasteiger partial charge on any atom is 0.248 e. The number of hydrogen-bond acceptors (Lipinski definition) is 3. The average Bonchev–Trinajstić information content (AvgIpc) is 2.34. The molecule has 17 heavy (non-hydrogen) atoms. The maximum absolute atomic E-state index is 10.9. The van der Waals surface area contributed by atoms with Gasteiger partial charge >= 0.3 is 0 Å². The zero-order chi connectivity index (χ0) is 12.5. The number of primary amides is 1. The molecule has 0 saturated carbocycles. The second-order valence-corrected chi connectivity index (χ2v) is 3.92. The lowest BCUT2D eigenvalue weighted by Crippen LogP contribution is -2.14. The van der Waals surface area contributed by atoms with Crippen LogP contribution in [0.15, 0.2) is 24.3 Å². The first-order valence-corrected chi connectivity index (χ1v) is 5.88. The highest BCUT2D eigenvalue weighted by atomic mass is 16.1. The summed E-state index contributed by atoms with van der Waals surface area (Å²) in [5, 5.41) is 3.23. The number of carbonyl (C=O) groups is 1. The van der Waals surface area contributed by atoms with Crippen LogP contribution in [0.5, 0.6) is 0 Å². The summed E-state index contributed by atoms with van der Waals surface area (Å²) in [7, 11) is 0. The highest BCUT2D eigenvalue weighted by molar-refractivity contribution is 5.92. The fourth-order valence-electron chi connectivity index (χ4n) is 1.47. The van der Waals surface area contributed by atoms with Crippen molar-refractivity contribution in [1.29, 1.82) is 0 Å². The van der Waals surface area contributed by atoms with Gasteiger partial charge in [-0.05, 0) is 50.0 Å². The lowest BCUT2D eigenvalue weighted by atomic mass is 10.1. The first-order chi connectivity index (χ1) is 8.24. The van der Waals surface area contributed by atoms with E-state index in [0.29, 0.717) is 5.56 Å². The van der Waals surface area contributed by atoms with Crippen LogP contribution in [0.3, 0.4) is 0 Å². The van der Waals surface area contributed by atoms with Crippen LogP contribution < -0.4 is 16.8 Å². The summed E-state index contributed by atoms with van der Waals surface area (Å²) in [5.74, 6) is -0.388. The highest BCUT2D eigenvalue weighted by Gasteiger charge is 1.99. The Kier molecular flexibility index (Phi) is 6.29. The molecule has 0 saturated heterocycles. The van der Waals surface area contributed by atoms with E-state index in [2.05, 4.69) is 5.32 Å². The molecular formula is C13H20N3O. The Morgan fingerprint density at radius 1 is 1.24 bits per heavy atom. The topological polar surface area (TPSA) is 81.1 Å². The minimum absolute atomic E-state index is 0.388. The van der Waals surface area contributed by atoms with Crippen molar-refractivity contribution in [3.05, 3.63) is 41.9 Å². The Labute approximate surface area is 102 Å². The zero-order valence-corrected chi connectivity index (χ0v) is 9.99. The van der Waals surface area contributed by atoms with E-state index in [9.17, 15) is 4.79 Å². The minimum Gasteiger partial charge on any atom is -0.366 e. The zero-order valence-electron chi connectivity index (χ0n) is 9.99. The molecule has 1 rings (SSSR count). The van der Waals surface area contributed by atoms with Gasteiger partial charge in [0, 0.05) is 12.1 Å². The molecule has 1 aromatic carbocycles. The number of nitrogens with one attached hydrogen (secondary N) is 1. The van der Waals surface area contributed by atoms with Crippen molar-refractivity contribution in [2.75, 3.05) is 13.1 Å². The lowest BCUT2D eigenvalue weighted by Gasteiger charge is -2.04. The van der Waals surface area contributed by atoms with Crippen LogP contribution in [-0.2, 0) is 6.42 Å². The van der Waals surface area contributed by atoms with Crippen LogP contribution in [0.1, 0.15) is 28.8 Å². The number of benzene rings is 1. The highest BCUT2D eigenvalue weighted by Crippen LogP contribution is 2.05. The molecule has 0 aliphatic rings. The van der Waals surface area contributed by atoms with Gasteiger partial charge in [0.15, 0.2) is 0 Å². The van der Waals surface area contributed by atoms with Gasteiger partial charge in [0.25, 0.3) is 0 Å². The van der Waals surface area contributed by atoms with E-state index in [1.807, 2.05) is 18.7 Å². The first kappa shape index (κ1) is 13.7. The van der Waals surface area contributed by atoms with Crippen molar-refractivity contribution in [2.24, 2.45) is 11.5 Å². The summed E-state index contributed by atoms with van der Waals surface area (Å²) in [6.45, 7) is 3.72. The van der Waals surface area contributed by atoms with Crippen molar-refractivity contribution in [3.63, 3.8) is 0 Å². The third kappa shape index (κ3) is 5.47. The molecule has 1 radical (unpaired) electrons. The molecule has 0 atom stereocenters. The van der Waals surface area contributed by atoms with E-state index in [4.69, 9.17) is 11.5 Å². The van der Waals surface area contributed by atoms with E-state index < -0.39 is 0 Å². The Morgan fingerprint density at radius 3 is 2.53 bits per heavy atom. The number of hydrogen-bond donors (Lipinski definition) is 3. The van der Waals surface area contributed by atoms with Gasteiger partial charge in [0.1, 0.15) is 0 Å². The molecule has 0 aliphatic carbocycles. The predicted octanol–water partition coefficient (Wildman–Crippen LogP) is 0.818. The molecule has 0 aromatic heterocycles. The summed E-state index contributed by atoms with van der Waals surface area (Å²) in [5.41, 5.74) is 12.3. The summed E-state index contributed by atoms with van der Waals surface area (Å²) < 4.78 is 0. The summed E-state index contributed by atoms with van der Waals surface area (Å²) in [4.78, 5) is 10.9. The normalized spacial score (nSPS) is 10.4. The van der Waals surface area contributed by atoms with Gasteiger partial charge < -0.3 is 16.8 Å². The van der Waals surface area contributed by atoms with Crippen molar-refractivity contribution < 1.29 is 4.79 Å².